The third kappa shape index (κ3) is 6.48. The van der Waals surface area contributed by atoms with Gasteiger partial charge in [0.25, 0.3) is 5.89 Å². The number of nitrogens with zero attached hydrogens (tertiary/aromatic N) is 3. The summed E-state index contributed by atoms with van der Waals surface area (Å²) >= 11 is 0. The third-order valence-corrected chi connectivity index (χ3v) is 4.37. The van der Waals surface area contributed by atoms with Crippen LogP contribution in [0.15, 0.2) is 52.0 Å². The number of hydrogen-bond acceptors (Lipinski definition) is 4. The van der Waals surface area contributed by atoms with Crippen LogP contribution in [-0.2, 0) is 19.4 Å². The highest BCUT2D eigenvalue weighted by Gasteiger charge is 2.08. The maximum Gasteiger partial charge on any atom is 0.257 e. The van der Waals surface area contributed by atoms with Crippen molar-refractivity contribution in [3.8, 4) is 11.5 Å². The van der Waals surface area contributed by atoms with Crippen molar-refractivity contribution in [3.05, 3.63) is 71.1 Å². The van der Waals surface area contributed by atoms with Crippen LogP contribution < -0.4 is 10.6 Å². The van der Waals surface area contributed by atoms with Gasteiger partial charge in [0.2, 0.25) is 0 Å². The Balaban J connectivity index is 0.00000320. The number of nitrogens with one attached hydrogen (secondary N) is 2. The van der Waals surface area contributed by atoms with Crippen molar-refractivity contribution in [3.63, 3.8) is 0 Å². The second kappa shape index (κ2) is 11.6. The first kappa shape index (κ1) is 23.7. The molecule has 1 aromatic heterocycles. The molecule has 30 heavy (non-hydrogen) atoms. The number of aliphatic imine (C=N–C) groups is 1. The number of guanidine groups is 1. The van der Waals surface area contributed by atoms with Gasteiger partial charge >= 0.3 is 0 Å². The first-order chi connectivity index (χ1) is 14.1. The number of rotatable bonds is 7. The Kier molecular flexibility index (Phi) is 9.15. The lowest BCUT2D eigenvalue weighted by atomic mass is 10.1. The number of hydrogen-bond donors (Lipinski definition) is 2. The first-order valence-electron chi connectivity index (χ1n) is 9.39. The smallest absolute Gasteiger partial charge is 0.257 e. The molecule has 0 aliphatic rings. The van der Waals surface area contributed by atoms with Crippen LogP contribution in [0.25, 0.3) is 11.5 Å². The van der Waals surface area contributed by atoms with E-state index in [4.69, 9.17) is 4.52 Å². The molecule has 0 unspecified atom stereocenters. The van der Waals surface area contributed by atoms with Gasteiger partial charge in [-0.15, -0.1) is 24.0 Å². The average molecular weight is 527 g/mol. The first-order valence-corrected chi connectivity index (χ1v) is 9.39. The van der Waals surface area contributed by atoms with Crippen LogP contribution in [0.1, 0.15) is 23.9 Å². The molecule has 9 heteroatoms. The van der Waals surface area contributed by atoms with Gasteiger partial charge in [-0.05, 0) is 42.3 Å². The third-order valence-electron chi connectivity index (χ3n) is 4.37. The van der Waals surface area contributed by atoms with Crippen LogP contribution >= 0.6 is 24.0 Å². The average Bonchev–Trinajstić information content (AvgIpc) is 3.22. The molecule has 0 aliphatic carbocycles. The van der Waals surface area contributed by atoms with E-state index in [1.54, 1.807) is 7.05 Å². The molecule has 2 N–H and O–H groups in total. The molecule has 0 aliphatic heterocycles. The van der Waals surface area contributed by atoms with E-state index in [-0.39, 0.29) is 36.1 Å². The number of benzene rings is 2. The summed E-state index contributed by atoms with van der Waals surface area (Å²) < 4.78 is 32.2. The van der Waals surface area contributed by atoms with Gasteiger partial charge in [-0.25, -0.2) is 8.78 Å². The van der Waals surface area contributed by atoms with Gasteiger partial charge < -0.3 is 15.2 Å². The van der Waals surface area contributed by atoms with Crippen LogP contribution in [0.5, 0.6) is 0 Å². The normalized spacial score (nSPS) is 11.1. The van der Waals surface area contributed by atoms with Crippen LogP contribution in [0.4, 0.5) is 8.78 Å². The summed E-state index contributed by atoms with van der Waals surface area (Å²) in [4.78, 5) is 8.42. The van der Waals surface area contributed by atoms with Gasteiger partial charge in [0.15, 0.2) is 11.8 Å². The summed E-state index contributed by atoms with van der Waals surface area (Å²) in [6.07, 6.45) is 1.49. The number of halogens is 3. The summed E-state index contributed by atoms with van der Waals surface area (Å²) in [6, 6.07) is 11.3. The summed E-state index contributed by atoms with van der Waals surface area (Å²) in [5.74, 6) is 0.789. The van der Waals surface area contributed by atoms with E-state index < -0.39 is 11.6 Å². The molecule has 0 saturated heterocycles. The molecule has 1 heterocycles. The largest absolute Gasteiger partial charge is 0.356 e. The van der Waals surface area contributed by atoms with Crippen molar-refractivity contribution in [2.24, 2.45) is 4.99 Å². The van der Waals surface area contributed by atoms with Gasteiger partial charge in [0, 0.05) is 37.7 Å². The molecule has 0 saturated carbocycles. The Hall–Kier alpha value is -2.56. The lowest BCUT2D eigenvalue weighted by Gasteiger charge is -2.12. The van der Waals surface area contributed by atoms with Gasteiger partial charge in [-0.3, -0.25) is 4.99 Å². The Labute approximate surface area is 191 Å². The molecule has 0 fully saturated rings. The summed E-state index contributed by atoms with van der Waals surface area (Å²) in [5.41, 5.74) is 2.25. The van der Waals surface area contributed by atoms with Gasteiger partial charge in [0.05, 0.1) is 0 Å². The predicted molar refractivity (Wildman–Crippen MR) is 123 cm³/mol. The van der Waals surface area contributed by atoms with E-state index in [1.807, 2.05) is 31.2 Å². The molecule has 0 radical (unpaired) electrons. The molecule has 6 nitrogen and oxygen atoms in total. The highest BCUT2D eigenvalue weighted by molar-refractivity contribution is 14.0. The number of aromatic nitrogens is 2. The van der Waals surface area contributed by atoms with Crippen molar-refractivity contribution in [1.29, 1.82) is 0 Å². The zero-order chi connectivity index (χ0) is 20.6. The highest BCUT2D eigenvalue weighted by Crippen LogP contribution is 2.18. The minimum absolute atomic E-state index is 0. The van der Waals surface area contributed by atoms with E-state index in [0.29, 0.717) is 24.2 Å². The second-order valence-corrected chi connectivity index (χ2v) is 6.40. The van der Waals surface area contributed by atoms with Crippen LogP contribution in [0.3, 0.4) is 0 Å². The van der Waals surface area contributed by atoms with E-state index >= 15 is 0 Å². The standard InChI is InChI=1S/C21H23F2N5O.HI/c1-3-19-27-20(29-28-19)15-6-4-14(5-7-15)10-11-25-21(24-2)26-13-16-12-17(22)8-9-18(16)23;/h4-9,12H,3,10-11,13H2,1-2H3,(H2,24,25,26);1H. The molecule has 0 bridgehead atoms. The fourth-order valence-corrected chi connectivity index (χ4v) is 2.73. The summed E-state index contributed by atoms with van der Waals surface area (Å²) in [5, 5.41) is 10.0. The van der Waals surface area contributed by atoms with Gasteiger partial charge in [-0.2, -0.15) is 4.98 Å². The summed E-state index contributed by atoms with van der Waals surface area (Å²) in [7, 11) is 1.63. The van der Waals surface area contributed by atoms with E-state index in [2.05, 4.69) is 25.8 Å². The Bertz CT molecular complexity index is 976. The highest BCUT2D eigenvalue weighted by atomic mass is 127. The van der Waals surface area contributed by atoms with Crippen molar-refractivity contribution >= 4 is 29.9 Å². The SMILES string of the molecule is CCc1noc(-c2ccc(CCNC(=NC)NCc3cc(F)ccc3F)cc2)n1.I. The van der Waals surface area contributed by atoms with Gasteiger partial charge in [0.1, 0.15) is 11.6 Å². The Morgan fingerprint density at radius 2 is 1.87 bits per heavy atom. The molecule has 3 aromatic rings. The molecule has 0 spiro atoms. The van der Waals surface area contributed by atoms with Crippen molar-refractivity contribution in [2.45, 2.75) is 26.3 Å². The molecular formula is C21H24F2IN5O. The second-order valence-electron chi connectivity index (χ2n) is 6.40. The zero-order valence-corrected chi connectivity index (χ0v) is 19.1. The topological polar surface area (TPSA) is 75.3 Å². The molecule has 160 valence electrons. The molecule has 2 aromatic carbocycles. The number of aryl methyl sites for hydroxylation is 1. The fourth-order valence-electron chi connectivity index (χ4n) is 2.73. The van der Waals surface area contributed by atoms with Crippen molar-refractivity contribution < 1.29 is 13.3 Å². The summed E-state index contributed by atoms with van der Waals surface area (Å²) in [6.45, 7) is 2.75. The molecule has 0 atom stereocenters. The molecular weight excluding hydrogens is 503 g/mol. The van der Waals surface area contributed by atoms with Gasteiger partial charge in [-0.1, -0.05) is 24.2 Å². The maximum absolute atomic E-state index is 13.7. The minimum Gasteiger partial charge on any atom is -0.356 e. The van der Waals surface area contributed by atoms with Crippen LogP contribution in [-0.4, -0.2) is 29.7 Å². The quantitative estimate of drug-likeness (QED) is 0.275. The van der Waals surface area contributed by atoms with Crippen molar-refractivity contribution in [2.75, 3.05) is 13.6 Å². The molecule has 3 rings (SSSR count). The fraction of sp³-hybridized carbons (Fsp3) is 0.286. The lowest BCUT2D eigenvalue weighted by molar-refractivity contribution is 0.423. The van der Waals surface area contributed by atoms with Crippen LogP contribution in [0, 0.1) is 11.6 Å². The maximum atomic E-state index is 13.7. The minimum atomic E-state index is -0.471. The van der Waals surface area contributed by atoms with Crippen LogP contribution in [0.2, 0.25) is 0 Å². The van der Waals surface area contributed by atoms with Crippen molar-refractivity contribution in [1.82, 2.24) is 20.8 Å². The Morgan fingerprint density at radius 1 is 1.10 bits per heavy atom. The lowest BCUT2D eigenvalue weighted by Crippen LogP contribution is -2.38. The zero-order valence-electron chi connectivity index (χ0n) is 16.8. The van der Waals surface area contributed by atoms with E-state index in [0.717, 1.165) is 36.1 Å². The van der Waals surface area contributed by atoms with E-state index in [9.17, 15) is 8.78 Å². The molecule has 0 amide bonds. The predicted octanol–water partition coefficient (Wildman–Crippen LogP) is 4.10. The monoisotopic (exact) mass is 527 g/mol. The van der Waals surface area contributed by atoms with E-state index in [1.165, 1.54) is 6.07 Å². The Morgan fingerprint density at radius 3 is 2.53 bits per heavy atom.